The minimum atomic E-state index is -5.11. The molecule has 0 unspecified atom stereocenters. The molecule has 0 saturated carbocycles. The highest BCUT2D eigenvalue weighted by Gasteiger charge is 2.63. The molecule has 0 aromatic heterocycles. The molecular weight excluding hydrogens is 184 g/mol. The van der Waals surface area contributed by atoms with Gasteiger partial charge in [-0.3, -0.25) is 4.79 Å². The predicted octanol–water partition coefficient (Wildman–Crippen LogP) is 0.629. The summed E-state index contributed by atoms with van der Waals surface area (Å²) in [6, 6.07) is 0. The van der Waals surface area contributed by atoms with E-state index in [9.17, 15) is 27.2 Å². The Morgan fingerprint density at radius 2 is 1.75 bits per heavy atom. The van der Waals surface area contributed by atoms with Crippen LogP contribution >= 0.6 is 0 Å². The molecule has 0 N–H and O–H groups in total. The van der Waals surface area contributed by atoms with E-state index in [1.54, 1.807) is 0 Å². The number of hydrogen-bond donors (Lipinski definition) is 0. The van der Waals surface area contributed by atoms with E-state index in [0.29, 0.717) is 7.11 Å². The second-order valence-corrected chi connectivity index (χ2v) is 1.81. The fourth-order valence-electron chi connectivity index (χ4n) is 0.338. The molecule has 7 heteroatoms. The Kier molecular flexibility index (Phi) is 2.78. The molecule has 0 spiro atoms. The maximum atomic E-state index is 12.1. The molecule has 0 aromatic carbocycles. The van der Waals surface area contributed by atoms with Crippen molar-refractivity contribution in [1.82, 2.24) is 0 Å². The van der Waals surface area contributed by atoms with Gasteiger partial charge in [0, 0.05) is 0 Å². The number of alkyl halides is 4. The van der Waals surface area contributed by atoms with Crippen LogP contribution in [0.5, 0.6) is 0 Å². The van der Waals surface area contributed by atoms with Crippen molar-refractivity contribution in [1.29, 1.82) is 0 Å². The molecule has 0 aliphatic heterocycles. The lowest BCUT2D eigenvalue weighted by Crippen LogP contribution is -2.48. The van der Waals surface area contributed by atoms with Gasteiger partial charge in [-0.15, -0.1) is 0 Å². The Balaban J connectivity index is 4.83. The summed E-state index contributed by atoms with van der Waals surface area (Å²) >= 11 is 0. The van der Waals surface area contributed by atoms with Crippen molar-refractivity contribution < 1.29 is 31.9 Å². The van der Waals surface area contributed by atoms with E-state index >= 15 is 0 Å². The van der Waals surface area contributed by atoms with Gasteiger partial charge in [0.05, 0.1) is 7.11 Å². The van der Waals surface area contributed by atoms with E-state index in [0.717, 1.165) is 0 Å². The van der Waals surface area contributed by atoms with Gasteiger partial charge in [0.15, 0.2) is 6.29 Å². The number of esters is 1. The molecule has 0 radical (unpaired) electrons. The Morgan fingerprint density at radius 1 is 1.33 bits per heavy atom. The van der Waals surface area contributed by atoms with Gasteiger partial charge in [0.2, 0.25) is 0 Å². The topological polar surface area (TPSA) is 43.4 Å². The van der Waals surface area contributed by atoms with Crippen LogP contribution in [0, 0.1) is 0 Å². The van der Waals surface area contributed by atoms with Crippen LogP contribution < -0.4 is 0 Å². The summed E-state index contributed by atoms with van der Waals surface area (Å²) in [6.45, 7) is 0. The third kappa shape index (κ3) is 1.54. The maximum Gasteiger partial charge on any atom is 0.411 e. The van der Waals surface area contributed by atoms with Crippen LogP contribution in [0.1, 0.15) is 0 Å². The number of rotatable bonds is 3. The minimum absolute atomic E-state index is 0.511. The first-order valence-electron chi connectivity index (χ1n) is 2.60. The molecule has 0 aliphatic carbocycles. The predicted molar refractivity (Wildman–Crippen MR) is 28.0 cm³/mol. The molecule has 0 fully saturated rings. The van der Waals surface area contributed by atoms with Gasteiger partial charge in [-0.25, -0.2) is 4.79 Å². The summed E-state index contributed by atoms with van der Waals surface area (Å²) in [4.78, 5) is 19.5. The van der Waals surface area contributed by atoms with Crippen LogP contribution in [0.15, 0.2) is 0 Å². The average Bonchev–Trinajstić information content (AvgIpc) is 2.02. The highest BCUT2D eigenvalue weighted by molar-refractivity contribution is 5.84. The standard InChI is InChI=1S/C5H4F4O3/c1-12-3(11)5(8,9)4(6,7)2-10/h2H,1H3. The molecule has 0 aromatic rings. The quantitative estimate of drug-likeness (QED) is 0.370. The maximum absolute atomic E-state index is 12.1. The molecule has 70 valence electrons. The van der Waals surface area contributed by atoms with Crippen LogP contribution in [0.25, 0.3) is 0 Å². The van der Waals surface area contributed by atoms with E-state index in [-0.39, 0.29) is 0 Å². The zero-order chi connectivity index (χ0) is 9.99. The molecule has 0 saturated heterocycles. The highest BCUT2D eigenvalue weighted by Crippen LogP contribution is 2.33. The van der Waals surface area contributed by atoms with Crippen molar-refractivity contribution in [3.05, 3.63) is 0 Å². The molecular formula is C5H4F4O3. The Morgan fingerprint density at radius 3 is 2.00 bits per heavy atom. The van der Waals surface area contributed by atoms with E-state index in [2.05, 4.69) is 4.74 Å². The number of aldehydes is 1. The zero-order valence-corrected chi connectivity index (χ0v) is 5.81. The first-order chi connectivity index (χ1) is 5.29. The van der Waals surface area contributed by atoms with Gasteiger partial charge in [-0.2, -0.15) is 17.6 Å². The summed E-state index contributed by atoms with van der Waals surface area (Å²) in [5.74, 6) is -12.6. The van der Waals surface area contributed by atoms with Crippen molar-refractivity contribution in [2.24, 2.45) is 0 Å². The summed E-state index contributed by atoms with van der Waals surface area (Å²) in [7, 11) is 0.511. The Bertz CT molecular complexity index is 201. The molecule has 0 atom stereocenters. The van der Waals surface area contributed by atoms with E-state index in [4.69, 9.17) is 0 Å². The number of ether oxygens (including phenoxy) is 1. The minimum Gasteiger partial charge on any atom is -0.464 e. The fraction of sp³-hybridized carbons (Fsp3) is 0.600. The first kappa shape index (κ1) is 10.9. The van der Waals surface area contributed by atoms with E-state index in [1.165, 1.54) is 0 Å². The van der Waals surface area contributed by atoms with Crippen molar-refractivity contribution in [3.63, 3.8) is 0 Å². The van der Waals surface area contributed by atoms with Crippen LogP contribution in [0.4, 0.5) is 17.6 Å². The number of halogens is 4. The van der Waals surface area contributed by atoms with Crippen LogP contribution in [0.2, 0.25) is 0 Å². The van der Waals surface area contributed by atoms with Crippen LogP contribution in [-0.4, -0.2) is 31.2 Å². The first-order valence-corrected chi connectivity index (χ1v) is 2.60. The molecule has 0 aliphatic rings. The van der Waals surface area contributed by atoms with Crippen molar-refractivity contribution in [3.8, 4) is 0 Å². The molecule has 0 rings (SSSR count). The highest BCUT2D eigenvalue weighted by atomic mass is 19.3. The lowest BCUT2D eigenvalue weighted by molar-refractivity contribution is -0.217. The van der Waals surface area contributed by atoms with Crippen molar-refractivity contribution >= 4 is 12.3 Å². The summed E-state index contributed by atoms with van der Waals surface area (Å²) in [5, 5.41) is 0. The number of methoxy groups -OCH3 is 1. The molecule has 0 heterocycles. The molecule has 12 heavy (non-hydrogen) atoms. The summed E-state index contributed by atoms with van der Waals surface area (Å²) in [6.07, 6.45) is -1.30. The smallest absolute Gasteiger partial charge is 0.411 e. The third-order valence-corrected chi connectivity index (χ3v) is 1.01. The van der Waals surface area contributed by atoms with Gasteiger partial charge >= 0.3 is 17.8 Å². The fourth-order valence-corrected chi connectivity index (χ4v) is 0.338. The molecule has 0 bridgehead atoms. The van der Waals surface area contributed by atoms with Gasteiger partial charge < -0.3 is 4.74 Å². The van der Waals surface area contributed by atoms with Crippen molar-refractivity contribution in [2.75, 3.05) is 7.11 Å². The zero-order valence-electron chi connectivity index (χ0n) is 5.81. The summed E-state index contributed by atoms with van der Waals surface area (Å²) < 4.78 is 51.6. The van der Waals surface area contributed by atoms with Crippen LogP contribution in [0.3, 0.4) is 0 Å². The van der Waals surface area contributed by atoms with Gasteiger partial charge in [-0.05, 0) is 0 Å². The number of carbonyl (C=O) groups excluding carboxylic acids is 2. The SMILES string of the molecule is COC(=O)C(F)(F)C(F)(F)C=O. The van der Waals surface area contributed by atoms with Gasteiger partial charge in [0.1, 0.15) is 0 Å². The van der Waals surface area contributed by atoms with Gasteiger partial charge in [-0.1, -0.05) is 0 Å². The molecule has 3 nitrogen and oxygen atoms in total. The third-order valence-electron chi connectivity index (χ3n) is 1.01. The van der Waals surface area contributed by atoms with Crippen LogP contribution in [-0.2, 0) is 14.3 Å². The second kappa shape index (κ2) is 3.08. The Labute approximate surface area is 64.3 Å². The number of carbonyl (C=O) groups is 2. The Hall–Kier alpha value is -1.14. The lowest BCUT2D eigenvalue weighted by atomic mass is 10.2. The van der Waals surface area contributed by atoms with E-state index in [1.807, 2.05) is 0 Å². The van der Waals surface area contributed by atoms with Crippen molar-refractivity contribution in [2.45, 2.75) is 11.8 Å². The van der Waals surface area contributed by atoms with E-state index < -0.39 is 24.1 Å². The normalized spacial score (nSPS) is 12.4. The lowest BCUT2D eigenvalue weighted by Gasteiger charge is -2.18. The average molecular weight is 188 g/mol. The molecule has 0 amide bonds. The monoisotopic (exact) mass is 188 g/mol. The second-order valence-electron chi connectivity index (χ2n) is 1.81. The summed E-state index contributed by atoms with van der Waals surface area (Å²) in [5.41, 5.74) is 0. The largest absolute Gasteiger partial charge is 0.464 e. The number of hydrogen-bond acceptors (Lipinski definition) is 3. The van der Waals surface area contributed by atoms with Gasteiger partial charge in [0.25, 0.3) is 0 Å².